The Balaban J connectivity index is 1.70. The van der Waals surface area contributed by atoms with E-state index in [0.717, 1.165) is 16.8 Å². The van der Waals surface area contributed by atoms with E-state index in [1.807, 2.05) is 35.7 Å². The van der Waals surface area contributed by atoms with E-state index in [0.29, 0.717) is 23.6 Å². The second kappa shape index (κ2) is 6.07. The quantitative estimate of drug-likeness (QED) is 0.759. The topological polar surface area (TPSA) is 67.0 Å². The number of methoxy groups -OCH3 is 1. The van der Waals surface area contributed by atoms with E-state index in [4.69, 9.17) is 4.74 Å². The molecule has 6 heteroatoms. The normalized spacial score (nSPS) is 10.9. The fourth-order valence-electron chi connectivity index (χ4n) is 2.17. The van der Waals surface area contributed by atoms with Gasteiger partial charge in [0, 0.05) is 12.1 Å². The molecule has 0 aliphatic carbocycles. The number of aromatic amines is 1. The zero-order valence-corrected chi connectivity index (χ0v) is 12.4. The van der Waals surface area contributed by atoms with Crippen LogP contribution in [-0.2, 0) is 13.1 Å². The maximum atomic E-state index is 11.9. The van der Waals surface area contributed by atoms with Crippen molar-refractivity contribution in [3.63, 3.8) is 0 Å². The number of para-hydroxylation sites is 1. The molecule has 0 saturated carbocycles. The molecule has 0 radical (unpaired) electrons. The second-order valence-corrected chi connectivity index (χ2v) is 5.48. The molecule has 0 aliphatic rings. The van der Waals surface area contributed by atoms with Crippen LogP contribution < -0.4 is 15.6 Å². The Hall–Kier alpha value is -2.18. The van der Waals surface area contributed by atoms with E-state index in [1.165, 1.54) is 11.3 Å². The maximum Gasteiger partial charge on any atom is 0.268 e. The summed E-state index contributed by atoms with van der Waals surface area (Å²) >= 11 is 1.41. The Morgan fingerprint density at radius 3 is 3.00 bits per heavy atom. The number of nitrogens with one attached hydrogen (secondary N) is 2. The van der Waals surface area contributed by atoms with E-state index in [9.17, 15) is 4.79 Å². The van der Waals surface area contributed by atoms with Gasteiger partial charge in [0.15, 0.2) is 0 Å². The average molecular weight is 301 g/mol. The number of thiophene rings is 1. The summed E-state index contributed by atoms with van der Waals surface area (Å²) in [6.07, 6.45) is 0. The third kappa shape index (κ3) is 2.96. The van der Waals surface area contributed by atoms with Crippen LogP contribution in [-0.4, -0.2) is 17.1 Å². The second-order valence-electron chi connectivity index (χ2n) is 4.56. The number of hydrogen-bond donors (Lipinski definition) is 2. The zero-order chi connectivity index (χ0) is 14.7. The molecule has 0 fully saturated rings. The molecule has 0 aliphatic heterocycles. The molecule has 5 nitrogen and oxygen atoms in total. The van der Waals surface area contributed by atoms with Gasteiger partial charge in [-0.3, -0.25) is 4.79 Å². The average Bonchev–Trinajstić information content (AvgIpc) is 2.97. The molecule has 3 aromatic rings. The van der Waals surface area contributed by atoms with Crippen molar-refractivity contribution in [2.75, 3.05) is 7.11 Å². The Morgan fingerprint density at radius 2 is 2.14 bits per heavy atom. The molecule has 0 atom stereocenters. The molecule has 0 unspecified atom stereocenters. The number of H-pyrrole nitrogens is 1. The summed E-state index contributed by atoms with van der Waals surface area (Å²) in [5, 5.41) is 5.14. The maximum absolute atomic E-state index is 11.9. The smallest absolute Gasteiger partial charge is 0.268 e. The number of fused-ring (bicyclic) bond motifs is 1. The molecule has 1 aromatic carbocycles. The summed E-state index contributed by atoms with van der Waals surface area (Å²) < 4.78 is 5.97. The predicted molar refractivity (Wildman–Crippen MR) is 83.8 cm³/mol. The highest BCUT2D eigenvalue weighted by Crippen LogP contribution is 2.17. The number of rotatable bonds is 5. The minimum atomic E-state index is -0.0795. The van der Waals surface area contributed by atoms with Gasteiger partial charge in [0.1, 0.15) is 16.3 Å². The van der Waals surface area contributed by atoms with Gasteiger partial charge in [-0.05, 0) is 17.5 Å². The predicted octanol–water partition coefficient (Wildman–Crippen LogP) is 2.28. The molecular weight excluding hydrogens is 286 g/mol. The number of aromatic nitrogens is 2. The molecule has 21 heavy (non-hydrogen) atoms. The van der Waals surface area contributed by atoms with Crippen LogP contribution in [0, 0.1) is 0 Å². The van der Waals surface area contributed by atoms with Gasteiger partial charge in [-0.25, -0.2) is 4.98 Å². The van der Waals surface area contributed by atoms with Crippen LogP contribution in [0.15, 0.2) is 40.5 Å². The monoisotopic (exact) mass is 301 g/mol. The van der Waals surface area contributed by atoms with Gasteiger partial charge in [0.25, 0.3) is 5.56 Å². The lowest BCUT2D eigenvalue weighted by Gasteiger charge is -2.09. The van der Waals surface area contributed by atoms with Gasteiger partial charge >= 0.3 is 0 Å². The molecular formula is C15H15N3O2S. The van der Waals surface area contributed by atoms with Gasteiger partial charge in [-0.1, -0.05) is 18.2 Å². The van der Waals surface area contributed by atoms with E-state index in [1.54, 1.807) is 7.11 Å². The van der Waals surface area contributed by atoms with Crippen LogP contribution in [0.3, 0.4) is 0 Å². The largest absolute Gasteiger partial charge is 0.496 e. The lowest BCUT2D eigenvalue weighted by molar-refractivity contribution is 0.407. The van der Waals surface area contributed by atoms with Crippen molar-refractivity contribution in [3.8, 4) is 5.75 Å². The minimum Gasteiger partial charge on any atom is -0.496 e. The lowest BCUT2D eigenvalue weighted by atomic mass is 10.2. The van der Waals surface area contributed by atoms with Gasteiger partial charge in [0.05, 0.1) is 19.2 Å². The number of ether oxygens (including phenoxy) is 1. The van der Waals surface area contributed by atoms with E-state index < -0.39 is 0 Å². The Labute approximate surface area is 125 Å². The standard InChI is InChI=1S/C15H15N3O2S/c1-20-12-5-3-2-4-10(12)8-16-9-13-17-11-6-7-21-14(11)15(19)18-13/h2-7,16H,8-9H2,1H3,(H,17,18,19). The molecule has 0 spiro atoms. The van der Waals surface area contributed by atoms with Crippen molar-refractivity contribution >= 4 is 21.6 Å². The van der Waals surface area contributed by atoms with Crippen molar-refractivity contribution in [2.45, 2.75) is 13.1 Å². The molecule has 108 valence electrons. The van der Waals surface area contributed by atoms with Gasteiger partial charge < -0.3 is 15.0 Å². The Bertz CT molecular complexity index is 810. The zero-order valence-electron chi connectivity index (χ0n) is 11.6. The molecule has 2 heterocycles. The first kappa shape index (κ1) is 13.8. The van der Waals surface area contributed by atoms with Gasteiger partial charge in [0.2, 0.25) is 0 Å². The van der Waals surface area contributed by atoms with Crippen LogP contribution in [0.2, 0.25) is 0 Å². The van der Waals surface area contributed by atoms with Crippen LogP contribution in [0.25, 0.3) is 10.2 Å². The van der Waals surface area contributed by atoms with Gasteiger partial charge in [-0.2, -0.15) is 0 Å². The third-order valence-corrected chi connectivity index (χ3v) is 4.07. The third-order valence-electron chi connectivity index (χ3n) is 3.16. The van der Waals surface area contributed by atoms with Gasteiger partial charge in [-0.15, -0.1) is 11.3 Å². The highest BCUT2D eigenvalue weighted by Gasteiger charge is 2.05. The molecule has 2 N–H and O–H groups in total. The SMILES string of the molecule is COc1ccccc1CNCc1nc2ccsc2c(=O)[nH]1. The highest BCUT2D eigenvalue weighted by atomic mass is 32.1. The first-order valence-electron chi connectivity index (χ1n) is 6.57. The van der Waals surface area contributed by atoms with Crippen molar-refractivity contribution in [1.29, 1.82) is 0 Å². The van der Waals surface area contributed by atoms with Crippen LogP contribution in [0.1, 0.15) is 11.4 Å². The summed E-state index contributed by atoms with van der Waals surface area (Å²) in [5.41, 5.74) is 1.74. The van der Waals surface area contributed by atoms with Crippen LogP contribution in [0.5, 0.6) is 5.75 Å². The number of hydrogen-bond acceptors (Lipinski definition) is 5. The first-order chi connectivity index (χ1) is 10.3. The van der Waals surface area contributed by atoms with Crippen molar-refractivity contribution < 1.29 is 4.74 Å². The highest BCUT2D eigenvalue weighted by molar-refractivity contribution is 7.17. The van der Waals surface area contributed by atoms with E-state index in [-0.39, 0.29) is 5.56 Å². The summed E-state index contributed by atoms with van der Waals surface area (Å²) in [5.74, 6) is 1.49. The molecule has 0 amide bonds. The van der Waals surface area contributed by atoms with Crippen LogP contribution in [0.4, 0.5) is 0 Å². The summed E-state index contributed by atoms with van der Waals surface area (Å²) in [6.45, 7) is 1.15. The molecule has 0 saturated heterocycles. The summed E-state index contributed by atoms with van der Waals surface area (Å²) in [6, 6.07) is 9.69. The minimum absolute atomic E-state index is 0.0795. The van der Waals surface area contributed by atoms with Crippen LogP contribution >= 0.6 is 11.3 Å². The van der Waals surface area contributed by atoms with Crippen molar-refractivity contribution in [2.24, 2.45) is 0 Å². The van der Waals surface area contributed by atoms with E-state index in [2.05, 4.69) is 15.3 Å². The number of benzene rings is 1. The number of nitrogens with zero attached hydrogens (tertiary/aromatic N) is 1. The Kier molecular flexibility index (Phi) is 3.98. The first-order valence-corrected chi connectivity index (χ1v) is 7.45. The van der Waals surface area contributed by atoms with Crippen molar-refractivity contribution in [1.82, 2.24) is 15.3 Å². The molecule has 0 bridgehead atoms. The van der Waals surface area contributed by atoms with E-state index >= 15 is 0 Å². The van der Waals surface area contributed by atoms with Crippen molar-refractivity contribution in [3.05, 3.63) is 57.5 Å². The lowest BCUT2D eigenvalue weighted by Crippen LogP contribution is -2.19. The fourth-order valence-corrected chi connectivity index (χ4v) is 2.90. The Morgan fingerprint density at radius 1 is 1.29 bits per heavy atom. The molecule has 3 rings (SSSR count). The summed E-state index contributed by atoms with van der Waals surface area (Å²) in [4.78, 5) is 19.1. The molecule has 2 aromatic heterocycles. The fraction of sp³-hybridized carbons (Fsp3) is 0.200. The summed E-state index contributed by atoms with van der Waals surface area (Å²) in [7, 11) is 1.66.